The molecule has 0 amide bonds. The molecule has 0 atom stereocenters. The number of hydrogen-bond acceptors (Lipinski definition) is 0. The van der Waals surface area contributed by atoms with E-state index < -0.39 is 0 Å². The summed E-state index contributed by atoms with van der Waals surface area (Å²) in [5.74, 6) is 0. The Balaban J connectivity index is 1.05. The average Bonchev–Trinajstić information content (AvgIpc) is 3.75. The molecule has 9 aromatic carbocycles. The third-order valence-electron chi connectivity index (χ3n) is 11.2. The van der Waals surface area contributed by atoms with Crippen LogP contribution in [0.1, 0.15) is 11.1 Å². The molecule has 0 N–H and O–H groups in total. The van der Waals surface area contributed by atoms with Gasteiger partial charge in [0.25, 0.3) is 0 Å². The largest absolute Gasteiger partial charge is 0.309 e. The van der Waals surface area contributed by atoms with Crippen LogP contribution in [0.15, 0.2) is 188 Å². The highest BCUT2D eigenvalue weighted by atomic mass is 15.0. The van der Waals surface area contributed by atoms with Gasteiger partial charge in [-0.05, 0) is 120 Å². The summed E-state index contributed by atoms with van der Waals surface area (Å²) in [6, 6.07) is 69.4. The first-order valence-corrected chi connectivity index (χ1v) is 18.1. The van der Waals surface area contributed by atoms with E-state index >= 15 is 0 Å². The lowest BCUT2D eigenvalue weighted by Gasteiger charge is -2.18. The summed E-state index contributed by atoms with van der Waals surface area (Å²) in [6.07, 6.45) is 1.02. The second kappa shape index (κ2) is 11.4. The van der Waals surface area contributed by atoms with Gasteiger partial charge in [0.1, 0.15) is 0 Å². The van der Waals surface area contributed by atoms with Crippen molar-refractivity contribution in [3.05, 3.63) is 199 Å². The number of fused-ring (bicyclic) bond motifs is 8. The standard InChI is InChI=1S/C51H33N/c1-2-12-33(13-3-1)50-42-17-6-8-19-44(42)51(45-20-9-7-18-43(45)50)34-24-27-39(28-25-34)52-48-21-11-10-16-41(48)47-32-36(26-29-49(47)52)35-22-23-38-30-37-14-4-5-15-40(37)46(38)31-35/h1-29,31-32H,30H2. The van der Waals surface area contributed by atoms with E-state index in [9.17, 15) is 0 Å². The zero-order valence-electron chi connectivity index (χ0n) is 28.6. The van der Waals surface area contributed by atoms with Crippen LogP contribution in [-0.2, 0) is 6.42 Å². The van der Waals surface area contributed by atoms with Crippen LogP contribution >= 0.6 is 0 Å². The van der Waals surface area contributed by atoms with Crippen LogP contribution in [0.3, 0.4) is 0 Å². The molecule has 1 nitrogen and oxygen atoms in total. The van der Waals surface area contributed by atoms with Gasteiger partial charge >= 0.3 is 0 Å². The quantitative estimate of drug-likeness (QED) is 0.166. The highest BCUT2D eigenvalue weighted by Crippen LogP contribution is 2.44. The van der Waals surface area contributed by atoms with E-state index in [0.717, 1.165) is 12.1 Å². The Kier molecular flexibility index (Phi) is 6.38. The number of hydrogen-bond donors (Lipinski definition) is 0. The molecule has 242 valence electrons. The van der Waals surface area contributed by atoms with Gasteiger partial charge in [0.05, 0.1) is 11.0 Å². The highest BCUT2D eigenvalue weighted by Gasteiger charge is 2.20. The lowest BCUT2D eigenvalue weighted by Crippen LogP contribution is -1.94. The molecule has 0 unspecified atom stereocenters. The SMILES string of the molecule is c1ccc(-c2c3ccccc3c(-c3ccc(-n4c5ccccc5c5cc(-c6ccc7c(c6)-c6ccccc6C7)ccc54)cc3)c3ccccc23)cc1. The number of para-hydroxylation sites is 1. The van der Waals surface area contributed by atoms with Gasteiger partial charge in [-0.15, -0.1) is 0 Å². The minimum Gasteiger partial charge on any atom is -0.309 e. The molecule has 0 radical (unpaired) electrons. The van der Waals surface area contributed by atoms with Gasteiger partial charge in [-0.25, -0.2) is 0 Å². The van der Waals surface area contributed by atoms with Crippen LogP contribution in [0.5, 0.6) is 0 Å². The summed E-state index contributed by atoms with van der Waals surface area (Å²) in [4.78, 5) is 0. The van der Waals surface area contributed by atoms with E-state index in [1.54, 1.807) is 0 Å². The van der Waals surface area contributed by atoms with Crippen molar-refractivity contribution in [2.45, 2.75) is 6.42 Å². The molecule has 10 aromatic rings. The molecular formula is C51H33N. The number of aromatic nitrogens is 1. The van der Waals surface area contributed by atoms with E-state index in [-0.39, 0.29) is 0 Å². The van der Waals surface area contributed by atoms with E-state index in [1.165, 1.54) is 99.0 Å². The molecule has 52 heavy (non-hydrogen) atoms. The molecule has 0 fully saturated rings. The number of nitrogens with zero attached hydrogens (tertiary/aromatic N) is 1. The first-order chi connectivity index (χ1) is 25.8. The maximum atomic E-state index is 2.42. The molecule has 1 aliphatic rings. The third-order valence-corrected chi connectivity index (χ3v) is 11.2. The molecule has 1 heteroatoms. The van der Waals surface area contributed by atoms with Crippen molar-refractivity contribution in [2.75, 3.05) is 0 Å². The second-order valence-corrected chi connectivity index (χ2v) is 14.0. The molecule has 0 spiro atoms. The van der Waals surface area contributed by atoms with Crippen LogP contribution in [0.25, 0.3) is 93.5 Å². The van der Waals surface area contributed by atoms with Crippen molar-refractivity contribution < 1.29 is 0 Å². The normalized spacial score (nSPS) is 12.2. The zero-order valence-corrected chi connectivity index (χ0v) is 28.6. The number of rotatable bonds is 4. The lowest BCUT2D eigenvalue weighted by atomic mass is 9.86. The molecule has 1 heterocycles. The van der Waals surface area contributed by atoms with E-state index in [1.807, 2.05) is 0 Å². The molecule has 1 aliphatic carbocycles. The van der Waals surface area contributed by atoms with Crippen molar-refractivity contribution in [1.82, 2.24) is 4.57 Å². The Bertz CT molecular complexity index is 2960. The van der Waals surface area contributed by atoms with Gasteiger partial charge in [0.15, 0.2) is 0 Å². The fourth-order valence-electron chi connectivity index (χ4n) is 8.87. The summed E-state index contributed by atoms with van der Waals surface area (Å²) in [6.45, 7) is 0. The number of benzene rings is 9. The average molecular weight is 660 g/mol. The van der Waals surface area contributed by atoms with Crippen LogP contribution in [0, 0.1) is 0 Å². The van der Waals surface area contributed by atoms with Crippen LogP contribution < -0.4 is 0 Å². The smallest absolute Gasteiger partial charge is 0.0541 e. The Morgan fingerprint density at radius 3 is 1.52 bits per heavy atom. The highest BCUT2D eigenvalue weighted by molar-refractivity contribution is 6.21. The van der Waals surface area contributed by atoms with E-state index in [2.05, 4.69) is 193 Å². The minimum absolute atomic E-state index is 1.02. The van der Waals surface area contributed by atoms with Crippen molar-refractivity contribution in [3.8, 4) is 50.2 Å². The van der Waals surface area contributed by atoms with Gasteiger partial charge in [0.2, 0.25) is 0 Å². The van der Waals surface area contributed by atoms with Crippen molar-refractivity contribution in [3.63, 3.8) is 0 Å². The maximum Gasteiger partial charge on any atom is 0.0541 e. The monoisotopic (exact) mass is 659 g/mol. The van der Waals surface area contributed by atoms with Crippen LogP contribution in [0.4, 0.5) is 0 Å². The summed E-state index contributed by atoms with van der Waals surface area (Å²) >= 11 is 0. The van der Waals surface area contributed by atoms with Crippen molar-refractivity contribution >= 4 is 43.4 Å². The van der Waals surface area contributed by atoms with E-state index in [0.29, 0.717) is 0 Å². The first-order valence-electron chi connectivity index (χ1n) is 18.1. The van der Waals surface area contributed by atoms with Gasteiger partial charge in [-0.2, -0.15) is 0 Å². The summed E-state index contributed by atoms with van der Waals surface area (Å²) in [5.41, 5.74) is 16.7. The molecular weight excluding hydrogens is 627 g/mol. The van der Waals surface area contributed by atoms with Crippen LogP contribution in [0.2, 0.25) is 0 Å². The predicted octanol–water partition coefficient (Wildman–Crippen LogP) is 13.7. The fourth-order valence-corrected chi connectivity index (χ4v) is 8.87. The Morgan fingerprint density at radius 2 is 0.808 bits per heavy atom. The fraction of sp³-hybridized carbons (Fsp3) is 0.0196. The maximum absolute atomic E-state index is 2.42. The van der Waals surface area contributed by atoms with Gasteiger partial charge < -0.3 is 4.57 Å². The third kappa shape index (κ3) is 4.36. The Labute approximate surface area is 302 Å². The topological polar surface area (TPSA) is 4.93 Å². The zero-order chi connectivity index (χ0) is 34.2. The van der Waals surface area contributed by atoms with E-state index in [4.69, 9.17) is 0 Å². The predicted molar refractivity (Wildman–Crippen MR) is 220 cm³/mol. The molecule has 1 aromatic heterocycles. The first kappa shape index (κ1) is 29.1. The minimum atomic E-state index is 1.02. The van der Waals surface area contributed by atoms with Gasteiger partial charge in [-0.3, -0.25) is 0 Å². The summed E-state index contributed by atoms with van der Waals surface area (Å²) in [5, 5.41) is 7.63. The second-order valence-electron chi connectivity index (χ2n) is 14.0. The molecule has 0 aliphatic heterocycles. The molecule has 0 bridgehead atoms. The summed E-state index contributed by atoms with van der Waals surface area (Å²) in [7, 11) is 0. The molecule has 11 rings (SSSR count). The van der Waals surface area contributed by atoms with Crippen molar-refractivity contribution in [1.29, 1.82) is 0 Å². The van der Waals surface area contributed by atoms with Crippen molar-refractivity contribution in [2.24, 2.45) is 0 Å². The molecule has 0 saturated carbocycles. The molecule has 0 saturated heterocycles. The Hall–Kier alpha value is -6.70. The van der Waals surface area contributed by atoms with Crippen LogP contribution in [-0.4, -0.2) is 4.57 Å². The lowest BCUT2D eigenvalue weighted by molar-refractivity contribution is 1.18. The summed E-state index contributed by atoms with van der Waals surface area (Å²) < 4.78 is 2.42. The van der Waals surface area contributed by atoms with Gasteiger partial charge in [0, 0.05) is 16.5 Å². The Morgan fingerprint density at radius 1 is 0.308 bits per heavy atom. The van der Waals surface area contributed by atoms with Gasteiger partial charge in [-0.1, -0.05) is 152 Å².